The van der Waals surface area contributed by atoms with Crippen LogP contribution in [0.15, 0.2) is 45.6 Å². The molecular formula is C15H8ClIO4. The number of rotatable bonds is 1. The Hall–Kier alpha value is -1.73. The van der Waals surface area contributed by atoms with E-state index in [2.05, 4.69) is 0 Å². The normalized spacial score (nSPS) is 11.0. The molecule has 0 spiro atoms. The molecule has 2 N–H and O–H groups in total. The number of hydrogen-bond acceptors (Lipinski definition) is 4. The molecule has 4 nitrogen and oxygen atoms in total. The molecule has 0 saturated carbocycles. The average molecular weight is 415 g/mol. The van der Waals surface area contributed by atoms with E-state index in [1.54, 1.807) is 24.3 Å². The first-order chi connectivity index (χ1) is 10.0. The van der Waals surface area contributed by atoms with Gasteiger partial charge in [0.25, 0.3) is 0 Å². The van der Waals surface area contributed by atoms with Gasteiger partial charge in [-0.1, -0.05) is 41.9 Å². The minimum absolute atomic E-state index is 0.0461. The lowest BCUT2D eigenvalue weighted by atomic mass is 10.1. The van der Waals surface area contributed by atoms with Crippen LogP contribution in [0.25, 0.3) is 22.3 Å². The molecule has 0 bridgehead atoms. The Balaban J connectivity index is 2.44. The minimum Gasteiger partial charge on any atom is -0.506 e. The van der Waals surface area contributed by atoms with Crippen molar-refractivity contribution in [3.05, 3.63) is 55.2 Å². The standard InChI is InChI=1S/C15H8ClIO4/c16-8-6-9-10(12(18)11(8)17)13(19)14(20)15(21-9)7-4-2-1-3-5-7/h1-6,18,20H. The molecule has 1 heterocycles. The number of benzene rings is 2. The SMILES string of the molecule is O=c1c(O)c(-c2ccccc2)oc2cc(Cl)c(I)c(O)c12. The van der Waals surface area contributed by atoms with E-state index in [1.165, 1.54) is 6.07 Å². The van der Waals surface area contributed by atoms with Gasteiger partial charge in [-0.3, -0.25) is 4.79 Å². The van der Waals surface area contributed by atoms with Gasteiger partial charge in [-0.15, -0.1) is 0 Å². The summed E-state index contributed by atoms with van der Waals surface area (Å²) in [6.07, 6.45) is 0. The first kappa shape index (κ1) is 14.2. The van der Waals surface area contributed by atoms with Gasteiger partial charge in [-0.05, 0) is 22.6 Å². The van der Waals surface area contributed by atoms with Crippen LogP contribution in [0.3, 0.4) is 0 Å². The fourth-order valence-electron chi connectivity index (χ4n) is 2.06. The maximum atomic E-state index is 12.3. The Kier molecular flexibility index (Phi) is 3.54. The van der Waals surface area contributed by atoms with Crippen molar-refractivity contribution in [2.75, 3.05) is 0 Å². The molecule has 0 aliphatic heterocycles. The van der Waals surface area contributed by atoms with Crippen LogP contribution in [-0.2, 0) is 0 Å². The molecule has 0 aliphatic rings. The third-order valence-corrected chi connectivity index (χ3v) is 4.77. The van der Waals surface area contributed by atoms with Gasteiger partial charge in [0.2, 0.25) is 11.2 Å². The lowest BCUT2D eigenvalue weighted by Crippen LogP contribution is -2.03. The molecular weight excluding hydrogens is 407 g/mol. The summed E-state index contributed by atoms with van der Waals surface area (Å²) < 4.78 is 5.91. The van der Waals surface area contributed by atoms with Crippen LogP contribution in [0.1, 0.15) is 0 Å². The van der Waals surface area contributed by atoms with Gasteiger partial charge in [0.1, 0.15) is 16.7 Å². The number of hydrogen-bond donors (Lipinski definition) is 2. The first-order valence-electron chi connectivity index (χ1n) is 5.93. The van der Waals surface area contributed by atoms with Crippen LogP contribution in [0, 0.1) is 3.57 Å². The highest BCUT2D eigenvalue weighted by molar-refractivity contribution is 14.1. The summed E-state index contributed by atoms with van der Waals surface area (Å²) in [6, 6.07) is 10.2. The summed E-state index contributed by atoms with van der Waals surface area (Å²) in [5.41, 5.74) is -0.00934. The first-order valence-corrected chi connectivity index (χ1v) is 7.38. The molecule has 3 aromatic rings. The monoisotopic (exact) mass is 414 g/mol. The van der Waals surface area contributed by atoms with E-state index in [1.807, 2.05) is 28.7 Å². The smallest absolute Gasteiger partial charge is 0.238 e. The highest BCUT2D eigenvalue weighted by Gasteiger charge is 2.20. The maximum Gasteiger partial charge on any atom is 0.238 e. The van der Waals surface area contributed by atoms with E-state index in [4.69, 9.17) is 16.0 Å². The van der Waals surface area contributed by atoms with Crippen molar-refractivity contribution >= 4 is 45.2 Å². The van der Waals surface area contributed by atoms with E-state index in [9.17, 15) is 15.0 Å². The van der Waals surface area contributed by atoms with E-state index in [0.29, 0.717) is 9.13 Å². The Bertz CT molecular complexity index is 903. The fourth-order valence-corrected chi connectivity index (χ4v) is 2.67. The van der Waals surface area contributed by atoms with Crippen molar-refractivity contribution in [1.82, 2.24) is 0 Å². The minimum atomic E-state index is -0.692. The third kappa shape index (κ3) is 2.26. The molecule has 106 valence electrons. The fraction of sp³-hybridized carbons (Fsp3) is 0. The van der Waals surface area contributed by atoms with E-state index in [-0.39, 0.29) is 27.5 Å². The van der Waals surface area contributed by atoms with Crippen molar-refractivity contribution in [1.29, 1.82) is 0 Å². The molecule has 3 rings (SSSR count). The van der Waals surface area contributed by atoms with Crippen LogP contribution >= 0.6 is 34.2 Å². The highest BCUT2D eigenvalue weighted by Crippen LogP contribution is 2.37. The number of phenolic OH excluding ortho intramolecular Hbond substituents is 1. The third-order valence-electron chi connectivity index (χ3n) is 3.06. The lowest BCUT2D eigenvalue weighted by Gasteiger charge is -2.08. The molecule has 0 amide bonds. The molecule has 2 aromatic carbocycles. The summed E-state index contributed by atoms with van der Waals surface area (Å²) in [7, 11) is 0. The van der Waals surface area contributed by atoms with Gasteiger partial charge in [0.15, 0.2) is 5.76 Å². The van der Waals surface area contributed by atoms with E-state index >= 15 is 0 Å². The average Bonchev–Trinajstić information content (AvgIpc) is 2.49. The molecule has 0 saturated heterocycles. The number of phenols is 1. The second-order valence-corrected chi connectivity index (χ2v) is 5.86. The second-order valence-electron chi connectivity index (χ2n) is 4.37. The molecule has 0 radical (unpaired) electrons. The van der Waals surface area contributed by atoms with Gasteiger partial charge < -0.3 is 14.6 Å². The van der Waals surface area contributed by atoms with Gasteiger partial charge in [0, 0.05) is 11.6 Å². The zero-order valence-corrected chi connectivity index (χ0v) is 13.3. The van der Waals surface area contributed by atoms with E-state index < -0.39 is 11.2 Å². The summed E-state index contributed by atoms with van der Waals surface area (Å²) in [5, 5.41) is 20.3. The Morgan fingerprint density at radius 3 is 2.43 bits per heavy atom. The van der Waals surface area contributed by atoms with Crippen molar-refractivity contribution in [3.63, 3.8) is 0 Å². The lowest BCUT2D eigenvalue weighted by molar-refractivity contribution is 0.445. The van der Waals surface area contributed by atoms with Gasteiger partial charge in [-0.2, -0.15) is 0 Å². The van der Waals surface area contributed by atoms with Crippen LogP contribution < -0.4 is 5.43 Å². The van der Waals surface area contributed by atoms with Crippen molar-refractivity contribution in [3.8, 4) is 22.8 Å². The molecule has 0 fully saturated rings. The molecule has 0 unspecified atom stereocenters. The van der Waals surface area contributed by atoms with Crippen LogP contribution in [0.2, 0.25) is 5.02 Å². The molecule has 21 heavy (non-hydrogen) atoms. The maximum absolute atomic E-state index is 12.3. The van der Waals surface area contributed by atoms with Crippen LogP contribution in [0.4, 0.5) is 0 Å². The number of fused-ring (bicyclic) bond motifs is 1. The van der Waals surface area contributed by atoms with Crippen molar-refractivity contribution in [2.24, 2.45) is 0 Å². The summed E-state index contributed by atoms with van der Waals surface area (Å²) >= 11 is 7.81. The Labute approximate surface area is 137 Å². The van der Waals surface area contributed by atoms with Crippen LogP contribution in [0.5, 0.6) is 11.5 Å². The van der Waals surface area contributed by atoms with E-state index in [0.717, 1.165) is 0 Å². The zero-order chi connectivity index (χ0) is 15.1. The van der Waals surface area contributed by atoms with Crippen LogP contribution in [-0.4, -0.2) is 10.2 Å². The summed E-state index contributed by atoms with van der Waals surface area (Å²) in [6.45, 7) is 0. The topological polar surface area (TPSA) is 70.7 Å². The van der Waals surface area contributed by atoms with Crippen molar-refractivity contribution < 1.29 is 14.6 Å². The van der Waals surface area contributed by atoms with Gasteiger partial charge in [-0.25, -0.2) is 0 Å². The molecule has 1 aromatic heterocycles. The predicted molar refractivity (Wildman–Crippen MR) is 89.0 cm³/mol. The van der Waals surface area contributed by atoms with Gasteiger partial charge in [0.05, 0.1) is 8.59 Å². The second kappa shape index (κ2) is 5.23. The summed E-state index contributed by atoms with van der Waals surface area (Å²) in [4.78, 5) is 12.3. The highest BCUT2D eigenvalue weighted by atomic mass is 127. The predicted octanol–water partition coefficient (Wildman–Crippen LogP) is 4.13. The largest absolute Gasteiger partial charge is 0.506 e. The Morgan fingerprint density at radius 1 is 1.10 bits per heavy atom. The number of halogens is 2. The molecule has 0 atom stereocenters. The Morgan fingerprint density at radius 2 is 1.76 bits per heavy atom. The van der Waals surface area contributed by atoms with Gasteiger partial charge >= 0.3 is 0 Å². The molecule has 0 aliphatic carbocycles. The zero-order valence-electron chi connectivity index (χ0n) is 10.4. The summed E-state index contributed by atoms with van der Waals surface area (Å²) in [5.74, 6) is -0.784. The number of aromatic hydroxyl groups is 2. The van der Waals surface area contributed by atoms with Crippen molar-refractivity contribution in [2.45, 2.75) is 0 Å². The quantitative estimate of drug-likeness (QED) is 0.588. The molecule has 6 heteroatoms.